The highest BCUT2D eigenvalue weighted by Gasteiger charge is 2.33. The van der Waals surface area contributed by atoms with E-state index in [1.807, 2.05) is 24.4 Å². The lowest BCUT2D eigenvalue weighted by Gasteiger charge is -2.36. The highest BCUT2D eigenvalue weighted by molar-refractivity contribution is 5.55. The Balaban J connectivity index is 2.01. The van der Waals surface area contributed by atoms with E-state index in [9.17, 15) is 0 Å². The van der Waals surface area contributed by atoms with Crippen molar-refractivity contribution in [1.29, 1.82) is 0 Å². The summed E-state index contributed by atoms with van der Waals surface area (Å²) in [6, 6.07) is 10.6. The van der Waals surface area contributed by atoms with Crippen molar-refractivity contribution in [3.05, 3.63) is 47.8 Å². The largest absolute Gasteiger partial charge is 0.310 e. The number of aromatic nitrogens is 2. The van der Waals surface area contributed by atoms with Gasteiger partial charge < -0.3 is 5.32 Å². The lowest BCUT2D eigenvalue weighted by molar-refractivity contribution is 0.255. The van der Waals surface area contributed by atoms with E-state index in [1.165, 1.54) is 11.3 Å². The Morgan fingerprint density at radius 3 is 2.71 bits per heavy atom. The number of hydrogen-bond donors (Lipinski definition) is 1. The summed E-state index contributed by atoms with van der Waals surface area (Å²) >= 11 is 0. The molecule has 3 rings (SSSR count). The monoisotopic (exact) mass is 281 g/mol. The van der Waals surface area contributed by atoms with Crippen LogP contribution in [0, 0.1) is 5.41 Å². The van der Waals surface area contributed by atoms with Crippen LogP contribution in [0.1, 0.15) is 44.5 Å². The van der Waals surface area contributed by atoms with Crippen molar-refractivity contribution in [1.82, 2.24) is 15.3 Å². The van der Waals surface area contributed by atoms with E-state index in [0.29, 0.717) is 6.04 Å². The van der Waals surface area contributed by atoms with Gasteiger partial charge in [-0.25, -0.2) is 9.97 Å². The standard InChI is InChI=1S/C18H23N3/c1-4-19-15-10-18(2,3)11-16-14(15)12-20-17(21-16)13-8-6-5-7-9-13/h5-9,12,15,19H,4,10-11H2,1-3H3. The maximum atomic E-state index is 4.86. The van der Waals surface area contributed by atoms with Crippen LogP contribution in [-0.4, -0.2) is 16.5 Å². The van der Waals surface area contributed by atoms with E-state index in [0.717, 1.165) is 30.8 Å². The van der Waals surface area contributed by atoms with Gasteiger partial charge in [-0.3, -0.25) is 0 Å². The topological polar surface area (TPSA) is 37.8 Å². The Hall–Kier alpha value is -1.74. The third-order valence-corrected chi connectivity index (χ3v) is 4.16. The molecule has 1 aliphatic rings. The average molecular weight is 281 g/mol. The Morgan fingerprint density at radius 1 is 1.24 bits per heavy atom. The lowest BCUT2D eigenvalue weighted by atomic mass is 9.74. The van der Waals surface area contributed by atoms with Crippen molar-refractivity contribution in [3.8, 4) is 11.4 Å². The normalized spacial score (nSPS) is 20.0. The molecule has 21 heavy (non-hydrogen) atoms. The van der Waals surface area contributed by atoms with E-state index in [4.69, 9.17) is 4.98 Å². The first kappa shape index (κ1) is 14.2. The first-order chi connectivity index (χ1) is 10.1. The van der Waals surface area contributed by atoms with E-state index < -0.39 is 0 Å². The maximum absolute atomic E-state index is 4.86. The summed E-state index contributed by atoms with van der Waals surface area (Å²) in [7, 11) is 0. The molecule has 2 aromatic rings. The summed E-state index contributed by atoms with van der Waals surface area (Å²) in [6.07, 6.45) is 4.18. The molecule has 0 fully saturated rings. The van der Waals surface area contributed by atoms with Crippen LogP contribution in [0.4, 0.5) is 0 Å². The third-order valence-electron chi connectivity index (χ3n) is 4.16. The van der Waals surface area contributed by atoms with Gasteiger partial charge in [-0.15, -0.1) is 0 Å². The molecule has 0 saturated heterocycles. The number of rotatable bonds is 3. The minimum atomic E-state index is 0.280. The lowest BCUT2D eigenvalue weighted by Crippen LogP contribution is -2.34. The van der Waals surface area contributed by atoms with Gasteiger partial charge in [-0.1, -0.05) is 51.1 Å². The van der Waals surface area contributed by atoms with Gasteiger partial charge in [0, 0.05) is 29.1 Å². The number of benzene rings is 1. The quantitative estimate of drug-likeness (QED) is 0.930. The second-order valence-electron chi connectivity index (χ2n) is 6.62. The predicted molar refractivity (Wildman–Crippen MR) is 86.0 cm³/mol. The molecule has 1 atom stereocenters. The summed E-state index contributed by atoms with van der Waals surface area (Å²) in [5.41, 5.74) is 3.84. The van der Waals surface area contributed by atoms with Crippen LogP contribution < -0.4 is 5.32 Å². The van der Waals surface area contributed by atoms with Crippen molar-refractivity contribution in [3.63, 3.8) is 0 Å². The smallest absolute Gasteiger partial charge is 0.159 e. The molecule has 3 nitrogen and oxygen atoms in total. The molecule has 0 spiro atoms. The molecule has 0 aliphatic heterocycles. The van der Waals surface area contributed by atoms with Crippen molar-refractivity contribution in [2.75, 3.05) is 6.54 Å². The third kappa shape index (κ3) is 2.98. The van der Waals surface area contributed by atoms with Gasteiger partial charge in [0.05, 0.1) is 0 Å². The average Bonchev–Trinajstić information content (AvgIpc) is 2.46. The van der Waals surface area contributed by atoms with Crippen LogP contribution in [0.5, 0.6) is 0 Å². The second kappa shape index (κ2) is 5.57. The summed E-state index contributed by atoms with van der Waals surface area (Å²) in [5, 5.41) is 3.58. The van der Waals surface area contributed by atoms with Crippen LogP contribution in [0.25, 0.3) is 11.4 Å². The second-order valence-corrected chi connectivity index (χ2v) is 6.62. The summed E-state index contributed by atoms with van der Waals surface area (Å²) < 4.78 is 0. The molecule has 0 amide bonds. The van der Waals surface area contributed by atoms with Gasteiger partial charge in [0.2, 0.25) is 0 Å². The van der Waals surface area contributed by atoms with Gasteiger partial charge in [-0.2, -0.15) is 0 Å². The van der Waals surface area contributed by atoms with Crippen molar-refractivity contribution in [2.45, 2.75) is 39.7 Å². The summed E-state index contributed by atoms with van der Waals surface area (Å²) in [5.74, 6) is 0.835. The van der Waals surface area contributed by atoms with Crippen LogP contribution >= 0.6 is 0 Å². The highest BCUT2D eigenvalue weighted by Crippen LogP contribution is 2.40. The fraction of sp³-hybridized carbons (Fsp3) is 0.444. The fourth-order valence-corrected chi connectivity index (χ4v) is 3.20. The van der Waals surface area contributed by atoms with E-state index in [2.05, 4.69) is 43.2 Å². The fourth-order valence-electron chi connectivity index (χ4n) is 3.20. The number of hydrogen-bond acceptors (Lipinski definition) is 3. The zero-order valence-corrected chi connectivity index (χ0v) is 13.1. The van der Waals surface area contributed by atoms with Gasteiger partial charge in [0.1, 0.15) is 0 Å². The first-order valence-corrected chi connectivity index (χ1v) is 7.74. The molecule has 1 aromatic carbocycles. The molecular formula is C18H23N3. The van der Waals surface area contributed by atoms with E-state index in [1.54, 1.807) is 0 Å². The SMILES string of the molecule is CCNC1CC(C)(C)Cc2nc(-c3ccccc3)ncc21. The maximum Gasteiger partial charge on any atom is 0.159 e. The Kier molecular flexibility index (Phi) is 3.77. The van der Waals surface area contributed by atoms with E-state index >= 15 is 0 Å². The predicted octanol–water partition coefficient (Wildman–Crippen LogP) is 3.77. The Bertz CT molecular complexity index is 620. The van der Waals surface area contributed by atoms with Crippen LogP contribution in [0.2, 0.25) is 0 Å². The van der Waals surface area contributed by atoms with Gasteiger partial charge in [0.15, 0.2) is 5.82 Å². The summed E-state index contributed by atoms with van der Waals surface area (Å²) in [4.78, 5) is 9.45. The molecule has 110 valence electrons. The Labute approximate surface area is 126 Å². The summed E-state index contributed by atoms with van der Waals surface area (Å²) in [6.45, 7) is 7.77. The van der Waals surface area contributed by atoms with Crippen molar-refractivity contribution >= 4 is 0 Å². The molecule has 1 N–H and O–H groups in total. The van der Waals surface area contributed by atoms with Gasteiger partial charge in [0.25, 0.3) is 0 Å². The molecule has 0 saturated carbocycles. The molecule has 3 heteroatoms. The van der Waals surface area contributed by atoms with Crippen LogP contribution in [0.15, 0.2) is 36.5 Å². The highest BCUT2D eigenvalue weighted by atomic mass is 14.9. The van der Waals surface area contributed by atoms with E-state index in [-0.39, 0.29) is 5.41 Å². The van der Waals surface area contributed by atoms with Crippen molar-refractivity contribution in [2.24, 2.45) is 5.41 Å². The molecule has 0 radical (unpaired) electrons. The molecule has 0 bridgehead atoms. The van der Waals surface area contributed by atoms with Gasteiger partial charge >= 0.3 is 0 Å². The number of fused-ring (bicyclic) bond motifs is 1. The Morgan fingerprint density at radius 2 is 2.00 bits per heavy atom. The van der Waals surface area contributed by atoms with Crippen LogP contribution in [-0.2, 0) is 6.42 Å². The van der Waals surface area contributed by atoms with Crippen LogP contribution in [0.3, 0.4) is 0 Å². The first-order valence-electron chi connectivity index (χ1n) is 7.74. The zero-order chi connectivity index (χ0) is 14.9. The molecule has 1 aliphatic carbocycles. The molecule has 1 unspecified atom stereocenters. The molecule has 1 aromatic heterocycles. The minimum Gasteiger partial charge on any atom is -0.310 e. The van der Waals surface area contributed by atoms with Crippen molar-refractivity contribution < 1.29 is 0 Å². The molecular weight excluding hydrogens is 258 g/mol. The molecule has 1 heterocycles. The van der Waals surface area contributed by atoms with Gasteiger partial charge in [-0.05, 0) is 24.8 Å². The zero-order valence-electron chi connectivity index (χ0n) is 13.1. The number of nitrogens with one attached hydrogen (secondary N) is 1. The number of nitrogens with zero attached hydrogens (tertiary/aromatic N) is 2. The minimum absolute atomic E-state index is 0.280.